The van der Waals surface area contributed by atoms with Gasteiger partial charge in [-0.2, -0.15) is 11.8 Å². The van der Waals surface area contributed by atoms with E-state index in [0.29, 0.717) is 5.25 Å². The van der Waals surface area contributed by atoms with Crippen LogP contribution >= 0.6 is 11.8 Å². The Labute approximate surface area is 59.9 Å². The Hall–Kier alpha value is -0.180. The van der Waals surface area contributed by atoms with E-state index in [1.807, 2.05) is 11.8 Å². The maximum Gasteiger partial charge on any atom is 0.107 e. The predicted octanol–water partition coefficient (Wildman–Crippen LogP) is 0.869. The molecule has 0 bridgehead atoms. The van der Waals surface area contributed by atoms with Gasteiger partial charge in [0.1, 0.15) is 5.84 Å². The topological polar surface area (TPSA) is 38.4 Å². The molecule has 0 aromatic rings. The molecule has 9 heavy (non-hydrogen) atoms. The summed E-state index contributed by atoms with van der Waals surface area (Å²) in [4.78, 5) is 3.94. The molecule has 1 fully saturated rings. The van der Waals surface area contributed by atoms with Gasteiger partial charge in [-0.05, 0) is 18.6 Å². The second-order valence-electron chi connectivity index (χ2n) is 2.15. The quantitative estimate of drug-likeness (QED) is 0.438. The molecule has 2 N–H and O–H groups in total. The van der Waals surface area contributed by atoms with E-state index >= 15 is 0 Å². The van der Waals surface area contributed by atoms with Gasteiger partial charge in [0.25, 0.3) is 0 Å². The first kappa shape index (κ1) is 6.93. The largest absolute Gasteiger partial charge is 0.387 e. The van der Waals surface area contributed by atoms with E-state index in [4.69, 9.17) is 5.73 Å². The van der Waals surface area contributed by atoms with Gasteiger partial charge in [-0.3, -0.25) is 4.99 Å². The Kier molecular flexibility index (Phi) is 2.39. The van der Waals surface area contributed by atoms with Crippen molar-refractivity contribution < 1.29 is 0 Å². The van der Waals surface area contributed by atoms with Crippen LogP contribution in [0.25, 0.3) is 0 Å². The molecule has 0 aromatic heterocycles. The fourth-order valence-corrected chi connectivity index (χ4v) is 2.18. The number of hydrogen-bond donors (Lipinski definition) is 1. The summed E-state index contributed by atoms with van der Waals surface area (Å²) in [6.45, 7) is 0. The number of aliphatic imine (C=N–C) groups is 1. The van der Waals surface area contributed by atoms with E-state index in [2.05, 4.69) is 4.99 Å². The predicted molar refractivity (Wildman–Crippen MR) is 43.0 cm³/mol. The number of thioether (sulfide) groups is 1. The van der Waals surface area contributed by atoms with Crippen LogP contribution in [0.3, 0.4) is 0 Å². The van der Waals surface area contributed by atoms with Crippen molar-refractivity contribution >= 4 is 17.6 Å². The number of hydrogen-bond acceptors (Lipinski definition) is 2. The van der Waals surface area contributed by atoms with Crippen molar-refractivity contribution in [1.82, 2.24) is 0 Å². The van der Waals surface area contributed by atoms with Crippen molar-refractivity contribution in [2.24, 2.45) is 10.7 Å². The molecule has 1 aliphatic rings. The molecule has 0 radical (unpaired) electrons. The van der Waals surface area contributed by atoms with E-state index in [-0.39, 0.29) is 0 Å². The molecular weight excluding hydrogens is 132 g/mol. The van der Waals surface area contributed by atoms with Crippen molar-refractivity contribution in [2.45, 2.75) is 18.1 Å². The zero-order valence-corrected chi connectivity index (χ0v) is 6.45. The monoisotopic (exact) mass is 144 g/mol. The highest BCUT2D eigenvalue weighted by Gasteiger charge is 2.17. The van der Waals surface area contributed by atoms with Gasteiger partial charge in [-0.1, -0.05) is 0 Å². The Bertz CT molecular complexity index is 116. The van der Waals surface area contributed by atoms with Gasteiger partial charge < -0.3 is 5.73 Å². The minimum atomic E-state index is 0.523. The van der Waals surface area contributed by atoms with Crippen molar-refractivity contribution in [1.29, 1.82) is 0 Å². The van der Waals surface area contributed by atoms with Crippen LogP contribution in [0.15, 0.2) is 4.99 Å². The molecule has 1 heterocycles. The molecule has 1 saturated heterocycles. The standard InChI is InChI=1S/C6H12N2S/c1-8-6(7)5-3-2-4-9-5/h5H,2-4H2,1H3,(H2,7,8). The summed E-state index contributed by atoms with van der Waals surface area (Å²) in [5.74, 6) is 2.07. The normalized spacial score (nSPS) is 29.0. The molecule has 0 aliphatic carbocycles. The van der Waals surface area contributed by atoms with Crippen molar-refractivity contribution in [3.63, 3.8) is 0 Å². The van der Waals surface area contributed by atoms with Gasteiger partial charge in [0.2, 0.25) is 0 Å². The molecular formula is C6H12N2S. The lowest BCUT2D eigenvalue weighted by Gasteiger charge is -2.04. The van der Waals surface area contributed by atoms with E-state index < -0.39 is 0 Å². The zero-order valence-electron chi connectivity index (χ0n) is 5.63. The van der Waals surface area contributed by atoms with Crippen molar-refractivity contribution in [3.05, 3.63) is 0 Å². The molecule has 0 aromatic carbocycles. The second-order valence-corrected chi connectivity index (χ2v) is 3.46. The number of nitrogens with two attached hydrogens (primary N) is 1. The Morgan fingerprint density at radius 2 is 2.56 bits per heavy atom. The summed E-state index contributed by atoms with van der Waals surface area (Å²) >= 11 is 1.92. The Morgan fingerprint density at radius 3 is 3.00 bits per heavy atom. The van der Waals surface area contributed by atoms with Crippen LogP contribution in [0.2, 0.25) is 0 Å². The molecule has 1 unspecified atom stereocenters. The average Bonchev–Trinajstić information content (AvgIpc) is 2.37. The SMILES string of the molecule is CN=C(N)C1CCCS1. The van der Waals surface area contributed by atoms with E-state index in [1.165, 1.54) is 18.6 Å². The lowest BCUT2D eigenvalue weighted by atomic mass is 10.2. The van der Waals surface area contributed by atoms with Gasteiger partial charge in [0.15, 0.2) is 0 Å². The van der Waals surface area contributed by atoms with E-state index in [0.717, 1.165) is 5.84 Å². The maximum atomic E-state index is 5.61. The van der Waals surface area contributed by atoms with Crippen LogP contribution in [0, 0.1) is 0 Å². The van der Waals surface area contributed by atoms with Crippen molar-refractivity contribution in [2.75, 3.05) is 12.8 Å². The van der Waals surface area contributed by atoms with E-state index in [9.17, 15) is 0 Å². The smallest absolute Gasteiger partial charge is 0.107 e. The van der Waals surface area contributed by atoms with E-state index in [1.54, 1.807) is 7.05 Å². The van der Waals surface area contributed by atoms with Crippen LogP contribution in [-0.2, 0) is 0 Å². The minimum absolute atomic E-state index is 0.523. The minimum Gasteiger partial charge on any atom is -0.387 e. The molecule has 52 valence electrons. The van der Waals surface area contributed by atoms with Crippen LogP contribution < -0.4 is 5.73 Å². The summed E-state index contributed by atoms with van der Waals surface area (Å²) < 4.78 is 0. The third kappa shape index (κ3) is 1.61. The molecule has 1 aliphatic heterocycles. The zero-order chi connectivity index (χ0) is 6.69. The lowest BCUT2D eigenvalue weighted by molar-refractivity contribution is 0.894. The highest BCUT2D eigenvalue weighted by atomic mass is 32.2. The molecule has 1 rings (SSSR count). The number of nitrogens with zero attached hydrogens (tertiary/aromatic N) is 1. The fraction of sp³-hybridized carbons (Fsp3) is 0.833. The molecule has 1 atom stereocenters. The van der Waals surface area contributed by atoms with Gasteiger partial charge in [0.05, 0.1) is 5.25 Å². The van der Waals surface area contributed by atoms with Crippen LogP contribution in [-0.4, -0.2) is 23.9 Å². The Morgan fingerprint density at radius 1 is 1.78 bits per heavy atom. The highest BCUT2D eigenvalue weighted by molar-refractivity contribution is 8.00. The summed E-state index contributed by atoms with van der Waals surface area (Å²) in [5.41, 5.74) is 5.61. The summed E-state index contributed by atoms with van der Waals surface area (Å²) in [6.07, 6.45) is 2.51. The second kappa shape index (κ2) is 3.11. The maximum absolute atomic E-state index is 5.61. The van der Waals surface area contributed by atoms with Gasteiger partial charge >= 0.3 is 0 Å². The van der Waals surface area contributed by atoms with Crippen LogP contribution in [0.1, 0.15) is 12.8 Å². The first-order chi connectivity index (χ1) is 4.34. The molecule has 0 spiro atoms. The van der Waals surface area contributed by atoms with Gasteiger partial charge in [-0.15, -0.1) is 0 Å². The van der Waals surface area contributed by atoms with Crippen LogP contribution in [0.4, 0.5) is 0 Å². The van der Waals surface area contributed by atoms with Crippen LogP contribution in [0.5, 0.6) is 0 Å². The number of amidine groups is 1. The molecule has 0 amide bonds. The highest BCUT2D eigenvalue weighted by Crippen LogP contribution is 2.25. The first-order valence-electron chi connectivity index (χ1n) is 3.18. The summed E-state index contributed by atoms with van der Waals surface area (Å²) in [5, 5.41) is 0.523. The summed E-state index contributed by atoms with van der Waals surface area (Å²) in [6, 6.07) is 0. The first-order valence-corrected chi connectivity index (χ1v) is 4.23. The number of rotatable bonds is 1. The molecule has 2 nitrogen and oxygen atoms in total. The molecule has 3 heteroatoms. The summed E-state index contributed by atoms with van der Waals surface area (Å²) in [7, 11) is 1.76. The van der Waals surface area contributed by atoms with Gasteiger partial charge in [-0.25, -0.2) is 0 Å². The van der Waals surface area contributed by atoms with Gasteiger partial charge in [0, 0.05) is 7.05 Å². The fourth-order valence-electron chi connectivity index (χ4n) is 0.955. The third-order valence-corrected chi connectivity index (χ3v) is 2.92. The Balaban J connectivity index is 2.42. The molecule has 0 saturated carbocycles. The van der Waals surface area contributed by atoms with Crippen molar-refractivity contribution in [3.8, 4) is 0 Å². The third-order valence-electron chi connectivity index (χ3n) is 1.52. The average molecular weight is 144 g/mol. The lowest BCUT2D eigenvalue weighted by Crippen LogP contribution is -2.23.